The number of carbonyl (C=O) groups excluding carboxylic acids is 1. The molecule has 0 bridgehead atoms. The van der Waals surface area contributed by atoms with E-state index in [1.807, 2.05) is 6.07 Å². The number of nitrogens with two attached hydrogens (primary N) is 1. The topological polar surface area (TPSA) is 61.5 Å². The molecule has 1 aliphatic carbocycles. The van der Waals surface area contributed by atoms with Gasteiger partial charge in [-0.3, -0.25) is 4.79 Å². The molecule has 0 aromatic heterocycles. The lowest BCUT2D eigenvalue weighted by Crippen LogP contribution is -2.28. The quantitative estimate of drug-likeness (QED) is 0.864. The van der Waals surface area contributed by atoms with Gasteiger partial charge in [-0.15, -0.1) is 0 Å². The van der Waals surface area contributed by atoms with Crippen LogP contribution in [-0.4, -0.2) is 25.8 Å². The van der Waals surface area contributed by atoms with E-state index in [1.165, 1.54) is 0 Å². The maximum absolute atomic E-state index is 13.8. The van der Waals surface area contributed by atoms with Gasteiger partial charge < -0.3 is 15.2 Å². The van der Waals surface area contributed by atoms with Gasteiger partial charge in [-0.05, 0) is 24.5 Å². The first-order chi connectivity index (χ1) is 8.51. The first kappa shape index (κ1) is 12.7. The van der Waals surface area contributed by atoms with Gasteiger partial charge in [0.05, 0.1) is 14.2 Å². The van der Waals surface area contributed by atoms with E-state index in [9.17, 15) is 9.18 Å². The van der Waals surface area contributed by atoms with Crippen molar-refractivity contribution in [3.8, 4) is 11.5 Å². The van der Waals surface area contributed by atoms with Crippen molar-refractivity contribution in [2.75, 3.05) is 14.2 Å². The third-order valence-corrected chi connectivity index (χ3v) is 3.40. The Kier molecular flexibility index (Phi) is 3.15. The maximum Gasteiger partial charge on any atom is 0.255 e. The van der Waals surface area contributed by atoms with Crippen molar-refractivity contribution in [3.63, 3.8) is 0 Å². The minimum atomic E-state index is -1.84. The summed E-state index contributed by atoms with van der Waals surface area (Å²) in [6, 6.07) is 5.34. The van der Waals surface area contributed by atoms with Crippen LogP contribution in [0.1, 0.15) is 12.0 Å². The van der Waals surface area contributed by atoms with Crippen LogP contribution in [0, 0.1) is 5.92 Å². The molecule has 1 aromatic carbocycles. The van der Waals surface area contributed by atoms with E-state index in [2.05, 4.69) is 0 Å². The van der Waals surface area contributed by atoms with Crippen LogP contribution in [0.4, 0.5) is 4.39 Å². The minimum absolute atomic E-state index is 0.192. The third-order valence-electron chi connectivity index (χ3n) is 3.40. The highest BCUT2D eigenvalue weighted by atomic mass is 19.1. The van der Waals surface area contributed by atoms with Gasteiger partial charge in [-0.25, -0.2) is 4.39 Å². The highest BCUT2D eigenvalue weighted by Gasteiger charge is 2.60. The van der Waals surface area contributed by atoms with Crippen LogP contribution in [0.25, 0.3) is 0 Å². The summed E-state index contributed by atoms with van der Waals surface area (Å²) in [6.07, 6.45) is 0.629. The number of halogens is 1. The molecule has 2 rings (SSSR count). The molecule has 0 heterocycles. The standard InChI is InChI=1S/C13H16FNO3/c1-17-10-4-3-8(11(6-10)18-2)5-9-7-13(9,14)12(15)16/h3-4,6,9H,5,7H2,1-2H3,(H2,15,16). The fraction of sp³-hybridized carbons (Fsp3) is 0.462. The number of hydrogen-bond acceptors (Lipinski definition) is 3. The van der Waals surface area contributed by atoms with Gasteiger partial charge in [0.1, 0.15) is 11.5 Å². The summed E-state index contributed by atoms with van der Waals surface area (Å²) < 4.78 is 24.1. The Bertz CT molecular complexity index is 477. The summed E-state index contributed by atoms with van der Waals surface area (Å²) in [7, 11) is 3.11. The number of rotatable bonds is 5. The number of primary amides is 1. The van der Waals surface area contributed by atoms with Gasteiger partial charge in [0.15, 0.2) is 5.67 Å². The van der Waals surface area contributed by atoms with Crippen molar-refractivity contribution in [1.82, 2.24) is 0 Å². The Hall–Kier alpha value is -1.78. The van der Waals surface area contributed by atoms with Crippen LogP contribution >= 0.6 is 0 Å². The molecule has 4 nitrogen and oxygen atoms in total. The molecule has 1 saturated carbocycles. The smallest absolute Gasteiger partial charge is 0.255 e. The predicted molar refractivity (Wildman–Crippen MR) is 64.4 cm³/mol. The van der Waals surface area contributed by atoms with E-state index in [1.54, 1.807) is 26.4 Å². The van der Waals surface area contributed by atoms with Crippen LogP contribution in [-0.2, 0) is 11.2 Å². The zero-order chi connectivity index (χ0) is 13.3. The monoisotopic (exact) mass is 253 g/mol. The SMILES string of the molecule is COc1ccc(CC2CC2(F)C(N)=O)c(OC)c1. The largest absolute Gasteiger partial charge is 0.497 e. The van der Waals surface area contributed by atoms with Crippen molar-refractivity contribution >= 4 is 5.91 Å². The predicted octanol–water partition coefficient (Wildman–Crippen LogP) is 1.46. The van der Waals surface area contributed by atoms with E-state index in [4.69, 9.17) is 15.2 Å². The molecule has 1 aliphatic rings. The molecular weight excluding hydrogens is 237 g/mol. The van der Waals surface area contributed by atoms with Crippen molar-refractivity contribution in [2.24, 2.45) is 11.7 Å². The fourth-order valence-corrected chi connectivity index (χ4v) is 2.12. The second-order valence-electron chi connectivity index (χ2n) is 4.51. The summed E-state index contributed by atoms with van der Waals surface area (Å²) in [6.45, 7) is 0. The van der Waals surface area contributed by atoms with Crippen molar-refractivity contribution in [1.29, 1.82) is 0 Å². The molecule has 0 aliphatic heterocycles. The van der Waals surface area contributed by atoms with E-state index < -0.39 is 11.6 Å². The van der Waals surface area contributed by atoms with Crippen molar-refractivity contribution in [3.05, 3.63) is 23.8 Å². The highest BCUT2D eigenvalue weighted by Crippen LogP contribution is 2.49. The summed E-state index contributed by atoms with van der Waals surface area (Å²) in [5.41, 5.74) is 4.04. The van der Waals surface area contributed by atoms with Crippen molar-refractivity contribution in [2.45, 2.75) is 18.5 Å². The zero-order valence-electron chi connectivity index (χ0n) is 10.4. The number of amides is 1. The highest BCUT2D eigenvalue weighted by molar-refractivity contribution is 5.87. The second kappa shape index (κ2) is 4.48. The van der Waals surface area contributed by atoms with Crippen molar-refractivity contribution < 1.29 is 18.7 Å². The second-order valence-corrected chi connectivity index (χ2v) is 4.51. The molecule has 2 atom stereocenters. The average Bonchev–Trinajstić information content (AvgIpc) is 3.02. The molecule has 0 radical (unpaired) electrons. The number of hydrogen-bond donors (Lipinski definition) is 1. The number of alkyl halides is 1. The molecule has 0 spiro atoms. The molecule has 98 valence electrons. The Morgan fingerprint density at radius 3 is 2.72 bits per heavy atom. The lowest BCUT2D eigenvalue weighted by atomic mass is 10.1. The molecule has 18 heavy (non-hydrogen) atoms. The first-order valence-corrected chi connectivity index (χ1v) is 5.71. The molecule has 1 aromatic rings. The molecule has 1 amide bonds. The number of ether oxygens (including phenoxy) is 2. The molecule has 2 N–H and O–H groups in total. The van der Waals surface area contributed by atoms with E-state index in [0.29, 0.717) is 17.9 Å². The average molecular weight is 253 g/mol. The van der Waals surface area contributed by atoms with Gasteiger partial charge >= 0.3 is 0 Å². The van der Waals surface area contributed by atoms with Gasteiger partial charge in [0, 0.05) is 12.0 Å². The van der Waals surface area contributed by atoms with Gasteiger partial charge in [-0.2, -0.15) is 0 Å². The van der Waals surface area contributed by atoms with Crippen LogP contribution < -0.4 is 15.2 Å². The molecular formula is C13H16FNO3. The Balaban J connectivity index is 2.14. The molecule has 0 saturated heterocycles. The number of benzene rings is 1. The lowest BCUT2D eigenvalue weighted by Gasteiger charge is -2.10. The normalized spacial score (nSPS) is 25.6. The van der Waals surface area contributed by atoms with Gasteiger partial charge in [0.25, 0.3) is 5.91 Å². The van der Waals surface area contributed by atoms with E-state index in [-0.39, 0.29) is 12.3 Å². The van der Waals surface area contributed by atoms with E-state index >= 15 is 0 Å². The van der Waals surface area contributed by atoms with Crippen LogP contribution in [0.15, 0.2) is 18.2 Å². The zero-order valence-corrected chi connectivity index (χ0v) is 10.4. The summed E-state index contributed by atoms with van der Waals surface area (Å²) in [4.78, 5) is 10.9. The van der Waals surface area contributed by atoms with Crippen LogP contribution in [0.5, 0.6) is 11.5 Å². The minimum Gasteiger partial charge on any atom is -0.497 e. The van der Waals surface area contributed by atoms with Gasteiger partial charge in [-0.1, -0.05) is 6.07 Å². The maximum atomic E-state index is 13.8. The summed E-state index contributed by atoms with van der Waals surface area (Å²) >= 11 is 0. The summed E-state index contributed by atoms with van der Waals surface area (Å²) in [5.74, 6) is 0.0816. The fourth-order valence-electron chi connectivity index (χ4n) is 2.12. The lowest BCUT2D eigenvalue weighted by molar-refractivity contribution is -0.124. The van der Waals surface area contributed by atoms with Crippen LogP contribution in [0.3, 0.4) is 0 Å². The molecule has 2 unspecified atom stereocenters. The van der Waals surface area contributed by atoms with Crippen LogP contribution in [0.2, 0.25) is 0 Å². The van der Waals surface area contributed by atoms with E-state index in [0.717, 1.165) is 5.56 Å². The molecule has 1 fully saturated rings. The Labute approximate surface area is 105 Å². The Morgan fingerprint density at radius 1 is 1.50 bits per heavy atom. The molecule has 5 heteroatoms. The number of carbonyl (C=O) groups is 1. The Morgan fingerprint density at radius 2 is 2.22 bits per heavy atom. The first-order valence-electron chi connectivity index (χ1n) is 5.71. The summed E-state index contributed by atoms with van der Waals surface area (Å²) in [5, 5.41) is 0. The number of methoxy groups -OCH3 is 2. The third kappa shape index (κ3) is 2.12. The van der Waals surface area contributed by atoms with Gasteiger partial charge in [0.2, 0.25) is 0 Å².